The fourth-order valence-corrected chi connectivity index (χ4v) is 1.41. The van der Waals surface area contributed by atoms with Gasteiger partial charge in [-0.1, -0.05) is 17.3 Å². The van der Waals surface area contributed by atoms with Gasteiger partial charge in [-0.2, -0.15) is 0 Å². The maximum absolute atomic E-state index is 12.7. The van der Waals surface area contributed by atoms with Gasteiger partial charge < -0.3 is 14.7 Å². The Labute approximate surface area is 95.1 Å². The molecule has 17 heavy (non-hydrogen) atoms. The Morgan fingerprint density at radius 2 is 2.00 bits per heavy atom. The Balaban J connectivity index is 2.36. The average Bonchev–Trinajstić information content (AvgIpc) is 2.78. The molecule has 6 heteroatoms. The number of halogens is 1. The standard InChI is InChI=1S/C11H8FNO4/c12-7-3-1-6(2-4-7)10(14)9-8(11(15)16)5-17-13-9/h1-5,10,14H,(H,15,16)/t10-/m0/s1. The molecule has 0 radical (unpaired) electrons. The molecule has 0 fully saturated rings. The van der Waals surface area contributed by atoms with Gasteiger partial charge in [0.05, 0.1) is 0 Å². The molecule has 0 unspecified atom stereocenters. The molecule has 0 amide bonds. The van der Waals surface area contributed by atoms with Crippen molar-refractivity contribution in [1.82, 2.24) is 5.16 Å². The summed E-state index contributed by atoms with van der Waals surface area (Å²) in [6.45, 7) is 0. The van der Waals surface area contributed by atoms with E-state index in [-0.39, 0.29) is 11.3 Å². The van der Waals surface area contributed by atoms with E-state index in [2.05, 4.69) is 9.68 Å². The summed E-state index contributed by atoms with van der Waals surface area (Å²) in [5, 5.41) is 22.2. The highest BCUT2D eigenvalue weighted by atomic mass is 19.1. The van der Waals surface area contributed by atoms with E-state index in [0.717, 1.165) is 6.26 Å². The van der Waals surface area contributed by atoms with Crippen molar-refractivity contribution in [2.45, 2.75) is 6.10 Å². The van der Waals surface area contributed by atoms with Crippen molar-refractivity contribution in [2.75, 3.05) is 0 Å². The first-order valence-electron chi connectivity index (χ1n) is 4.70. The monoisotopic (exact) mass is 237 g/mol. The van der Waals surface area contributed by atoms with E-state index in [1.807, 2.05) is 0 Å². The third-order valence-electron chi connectivity index (χ3n) is 2.27. The SMILES string of the molecule is O=C(O)c1conc1[C@@H](O)c1ccc(F)cc1. The van der Waals surface area contributed by atoms with Crippen LogP contribution in [0.5, 0.6) is 0 Å². The van der Waals surface area contributed by atoms with Crippen LogP contribution in [0.2, 0.25) is 0 Å². The zero-order chi connectivity index (χ0) is 12.4. The van der Waals surface area contributed by atoms with Gasteiger partial charge in [0, 0.05) is 0 Å². The third kappa shape index (κ3) is 2.16. The fourth-order valence-electron chi connectivity index (χ4n) is 1.41. The van der Waals surface area contributed by atoms with Crippen LogP contribution in [0.1, 0.15) is 27.7 Å². The molecule has 1 atom stereocenters. The largest absolute Gasteiger partial charge is 0.478 e. The number of aliphatic hydroxyl groups excluding tert-OH is 1. The zero-order valence-corrected chi connectivity index (χ0v) is 8.50. The summed E-state index contributed by atoms with van der Waals surface area (Å²) in [4.78, 5) is 10.8. The highest BCUT2D eigenvalue weighted by molar-refractivity contribution is 5.88. The predicted molar refractivity (Wildman–Crippen MR) is 53.9 cm³/mol. The number of aromatic carboxylic acids is 1. The highest BCUT2D eigenvalue weighted by Gasteiger charge is 2.22. The topological polar surface area (TPSA) is 83.6 Å². The van der Waals surface area contributed by atoms with Gasteiger partial charge in [0.1, 0.15) is 29.4 Å². The Bertz CT molecular complexity index is 535. The molecule has 0 aliphatic carbocycles. The summed E-state index contributed by atoms with van der Waals surface area (Å²) in [5.41, 5.74) is 0.00809. The second kappa shape index (κ2) is 4.34. The Hall–Kier alpha value is -2.21. The number of rotatable bonds is 3. The van der Waals surface area contributed by atoms with Crippen molar-refractivity contribution in [2.24, 2.45) is 0 Å². The summed E-state index contributed by atoms with van der Waals surface area (Å²) < 4.78 is 17.2. The number of hydrogen-bond acceptors (Lipinski definition) is 4. The fraction of sp³-hybridized carbons (Fsp3) is 0.0909. The van der Waals surface area contributed by atoms with E-state index >= 15 is 0 Å². The van der Waals surface area contributed by atoms with E-state index in [9.17, 15) is 14.3 Å². The summed E-state index contributed by atoms with van der Waals surface area (Å²) in [5.74, 6) is -1.69. The summed E-state index contributed by atoms with van der Waals surface area (Å²) >= 11 is 0. The first-order valence-corrected chi connectivity index (χ1v) is 4.70. The van der Waals surface area contributed by atoms with Crippen molar-refractivity contribution >= 4 is 5.97 Å². The summed E-state index contributed by atoms with van der Waals surface area (Å²) in [6, 6.07) is 5.03. The van der Waals surface area contributed by atoms with Gasteiger partial charge in [-0.15, -0.1) is 0 Å². The molecule has 0 saturated carbocycles. The van der Waals surface area contributed by atoms with Crippen LogP contribution < -0.4 is 0 Å². The maximum Gasteiger partial charge on any atom is 0.341 e. The van der Waals surface area contributed by atoms with Crippen molar-refractivity contribution in [3.05, 3.63) is 53.2 Å². The lowest BCUT2D eigenvalue weighted by atomic mass is 10.0. The lowest BCUT2D eigenvalue weighted by Gasteiger charge is -2.08. The van der Waals surface area contributed by atoms with E-state index in [4.69, 9.17) is 5.11 Å². The van der Waals surface area contributed by atoms with Gasteiger partial charge in [0.2, 0.25) is 0 Å². The molecule has 5 nitrogen and oxygen atoms in total. The molecule has 88 valence electrons. The molecule has 1 aromatic heterocycles. The van der Waals surface area contributed by atoms with Crippen molar-refractivity contribution in [1.29, 1.82) is 0 Å². The van der Waals surface area contributed by atoms with E-state index < -0.39 is 17.9 Å². The van der Waals surface area contributed by atoms with Crippen molar-refractivity contribution in [3.8, 4) is 0 Å². The predicted octanol–water partition coefficient (Wildman–Crippen LogP) is 1.59. The molecule has 1 heterocycles. The Kier molecular flexibility index (Phi) is 2.88. The van der Waals surface area contributed by atoms with E-state index in [1.165, 1.54) is 24.3 Å². The second-order valence-corrected chi connectivity index (χ2v) is 3.37. The third-order valence-corrected chi connectivity index (χ3v) is 2.27. The number of carboxylic acids is 1. The van der Waals surface area contributed by atoms with Gasteiger partial charge in [-0.25, -0.2) is 9.18 Å². The molecule has 0 aliphatic rings. The van der Waals surface area contributed by atoms with E-state index in [1.54, 1.807) is 0 Å². The first kappa shape index (κ1) is 11.3. The normalized spacial score (nSPS) is 12.4. The summed E-state index contributed by atoms with van der Waals surface area (Å²) in [7, 11) is 0. The molecule has 0 saturated heterocycles. The molecule has 2 aromatic rings. The van der Waals surface area contributed by atoms with Crippen LogP contribution in [0, 0.1) is 5.82 Å². The molecule has 0 bridgehead atoms. The van der Waals surface area contributed by atoms with Gasteiger partial charge in [-0.05, 0) is 17.7 Å². The van der Waals surface area contributed by atoms with Gasteiger partial charge in [0.15, 0.2) is 0 Å². The van der Waals surface area contributed by atoms with Crippen LogP contribution in [0.15, 0.2) is 35.1 Å². The minimum Gasteiger partial charge on any atom is -0.478 e. The van der Waals surface area contributed by atoms with Crippen LogP contribution >= 0.6 is 0 Å². The van der Waals surface area contributed by atoms with Crippen molar-refractivity contribution in [3.63, 3.8) is 0 Å². The maximum atomic E-state index is 12.7. The molecule has 2 rings (SSSR count). The lowest BCUT2D eigenvalue weighted by molar-refractivity contribution is 0.0691. The van der Waals surface area contributed by atoms with Gasteiger partial charge in [-0.3, -0.25) is 0 Å². The molecule has 0 aliphatic heterocycles. The van der Waals surface area contributed by atoms with Crippen LogP contribution in [0.25, 0.3) is 0 Å². The molecular formula is C11H8FNO4. The number of aromatic nitrogens is 1. The van der Waals surface area contributed by atoms with Crippen LogP contribution in [0.4, 0.5) is 4.39 Å². The Morgan fingerprint density at radius 3 is 2.59 bits per heavy atom. The van der Waals surface area contributed by atoms with Crippen molar-refractivity contribution < 1.29 is 23.9 Å². The van der Waals surface area contributed by atoms with Gasteiger partial charge in [0.25, 0.3) is 0 Å². The average molecular weight is 237 g/mol. The number of hydrogen-bond donors (Lipinski definition) is 2. The van der Waals surface area contributed by atoms with Crippen LogP contribution in [0.3, 0.4) is 0 Å². The summed E-state index contributed by atoms with van der Waals surface area (Å²) in [6.07, 6.45) is -0.329. The lowest BCUT2D eigenvalue weighted by Crippen LogP contribution is -2.07. The van der Waals surface area contributed by atoms with Gasteiger partial charge >= 0.3 is 5.97 Å². The number of aliphatic hydroxyl groups is 1. The second-order valence-electron chi connectivity index (χ2n) is 3.37. The van der Waals surface area contributed by atoms with E-state index in [0.29, 0.717) is 5.56 Å². The molecular weight excluding hydrogens is 229 g/mol. The van der Waals surface area contributed by atoms with Crippen LogP contribution in [-0.2, 0) is 0 Å². The van der Waals surface area contributed by atoms with Crippen LogP contribution in [-0.4, -0.2) is 21.3 Å². The number of carboxylic acid groups (broad SMARTS) is 1. The molecule has 1 aromatic carbocycles. The quantitative estimate of drug-likeness (QED) is 0.846. The zero-order valence-electron chi connectivity index (χ0n) is 8.50. The Morgan fingerprint density at radius 1 is 1.35 bits per heavy atom. The molecule has 0 spiro atoms. The highest BCUT2D eigenvalue weighted by Crippen LogP contribution is 2.23. The minimum atomic E-state index is -1.26. The minimum absolute atomic E-state index is 0.107. The first-order chi connectivity index (χ1) is 8.09. The number of carbonyl (C=O) groups is 1. The smallest absolute Gasteiger partial charge is 0.341 e. The number of benzene rings is 1. The molecule has 2 N–H and O–H groups in total. The number of nitrogens with zero attached hydrogens (tertiary/aromatic N) is 1.